The molecule has 0 bridgehead atoms. The van der Waals surface area contributed by atoms with E-state index in [1.54, 1.807) is 26.0 Å². The van der Waals surface area contributed by atoms with E-state index in [1.165, 1.54) is 0 Å². The van der Waals surface area contributed by atoms with Gasteiger partial charge < -0.3 is 0 Å². The lowest BCUT2D eigenvalue weighted by Crippen LogP contribution is -2.26. The van der Waals surface area contributed by atoms with Gasteiger partial charge in [-0.1, -0.05) is 18.2 Å². The van der Waals surface area contributed by atoms with Crippen LogP contribution in [0.3, 0.4) is 0 Å². The van der Waals surface area contributed by atoms with Crippen molar-refractivity contribution in [2.24, 2.45) is 0 Å². The highest BCUT2D eigenvalue weighted by Crippen LogP contribution is 2.18. The van der Waals surface area contributed by atoms with Gasteiger partial charge in [0.25, 0.3) is 0 Å². The molecule has 0 aliphatic carbocycles. The molecule has 0 aliphatic heterocycles. The van der Waals surface area contributed by atoms with Crippen LogP contribution in [0, 0.1) is 13.8 Å². The van der Waals surface area contributed by atoms with Crippen LogP contribution >= 0.6 is 11.6 Å². The van der Waals surface area contributed by atoms with Crippen molar-refractivity contribution in [1.82, 2.24) is 4.72 Å². The number of alkyl halides is 1. The molecule has 1 rings (SSSR count). The third-order valence-corrected chi connectivity index (χ3v) is 4.02. The molecule has 0 fully saturated rings. The molecule has 1 aromatic carbocycles. The molecule has 0 saturated carbocycles. The first-order valence-corrected chi connectivity index (χ1v) is 6.62. The number of halogens is 1. The molecule has 0 unspecified atom stereocenters. The SMILES string of the molecule is Cc1cccc(C)c1S(=O)(=O)NCCCl. The van der Waals surface area contributed by atoms with Crippen LogP contribution in [0.15, 0.2) is 23.1 Å². The van der Waals surface area contributed by atoms with Crippen molar-refractivity contribution >= 4 is 21.6 Å². The Hall–Kier alpha value is -0.580. The first-order valence-electron chi connectivity index (χ1n) is 4.61. The second-order valence-corrected chi connectivity index (χ2v) is 5.39. The molecule has 0 radical (unpaired) electrons. The molecular formula is C10H14ClNO2S. The minimum Gasteiger partial charge on any atom is -0.210 e. The highest BCUT2D eigenvalue weighted by molar-refractivity contribution is 7.89. The molecule has 0 aromatic heterocycles. The summed E-state index contributed by atoms with van der Waals surface area (Å²) in [6, 6.07) is 5.40. The Bertz CT molecular complexity index is 422. The molecule has 15 heavy (non-hydrogen) atoms. The van der Waals surface area contributed by atoms with Crippen molar-refractivity contribution in [3.63, 3.8) is 0 Å². The molecule has 1 N–H and O–H groups in total. The standard InChI is InChI=1S/C10H14ClNO2S/c1-8-4-3-5-9(2)10(8)15(13,14)12-7-6-11/h3-5,12H,6-7H2,1-2H3. The van der Waals surface area contributed by atoms with Gasteiger partial charge in [0, 0.05) is 12.4 Å². The number of benzene rings is 1. The van der Waals surface area contributed by atoms with Gasteiger partial charge in [0.1, 0.15) is 0 Å². The Balaban J connectivity index is 3.15. The zero-order valence-corrected chi connectivity index (χ0v) is 10.3. The summed E-state index contributed by atoms with van der Waals surface area (Å²) in [4.78, 5) is 0.357. The molecule has 0 atom stereocenters. The fourth-order valence-corrected chi connectivity index (χ4v) is 3.17. The first-order chi connectivity index (χ1) is 6.99. The molecule has 84 valence electrons. The van der Waals surface area contributed by atoms with Crippen molar-refractivity contribution in [2.45, 2.75) is 18.7 Å². The van der Waals surface area contributed by atoms with Crippen LogP contribution in [0.25, 0.3) is 0 Å². The van der Waals surface area contributed by atoms with Crippen LogP contribution in [0.2, 0.25) is 0 Å². The molecule has 0 saturated heterocycles. The second kappa shape index (κ2) is 4.96. The normalized spacial score (nSPS) is 11.7. The maximum atomic E-state index is 11.9. The van der Waals surface area contributed by atoms with E-state index in [9.17, 15) is 8.42 Å². The van der Waals surface area contributed by atoms with Crippen LogP contribution in [0.4, 0.5) is 0 Å². The summed E-state index contributed by atoms with van der Waals surface area (Å²) in [5, 5.41) is 0. The van der Waals surface area contributed by atoms with E-state index in [0.29, 0.717) is 4.90 Å². The van der Waals surface area contributed by atoms with Gasteiger partial charge in [-0.25, -0.2) is 13.1 Å². The lowest BCUT2D eigenvalue weighted by molar-refractivity contribution is 0.583. The number of sulfonamides is 1. The minimum atomic E-state index is -3.42. The third-order valence-electron chi connectivity index (χ3n) is 2.06. The lowest BCUT2D eigenvalue weighted by atomic mass is 10.2. The van der Waals surface area contributed by atoms with Crippen molar-refractivity contribution in [3.8, 4) is 0 Å². The maximum Gasteiger partial charge on any atom is 0.241 e. The Morgan fingerprint density at radius 2 is 1.80 bits per heavy atom. The summed E-state index contributed by atoms with van der Waals surface area (Å²) < 4.78 is 26.2. The lowest BCUT2D eigenvalue weighted by Gasteiger charge is -2.10. The fourth-order valence-electron chi connectivity index (χ4n) is 1.47. The smallest absolute Gasteiger partial charge is 0.210 e. The predicted molar refractivity (Wildman–Crippen MR) is 61.8 cm³/mol. The molecule has 5 heteroatoms. The van der Waals surface area contributed by atoms with Crippen molar-refractivity contribution in [1.29, 1.82) is 0 Å². The predicted octanol–water partition coefficient (Wildman–Crippen LogP) is 1.82. The highest BCUT2D eigenvalue weighted by atomic mass is 35.5. The highest BCUT2D eigenvalue weighted by Gasteiger charge is 2.17. The second-order valence-electron chi connectivity index (χ2n) is 3.31. The summed E-state index contributed by atoms with van der Waals surface area (Å²) in [7, 11) is -3.42. The van der Waals surface area contributed by atoms with Crippen LogP contribution < -0.4 is 4.72 Å². The van der Waals surface area contributed by atoms with Crippen LogP contribution in [-0.4, -0.2) is 20.8 Å². The summed E-state index contributed by atoms with van der Waals surface area (Å²) >= 11 is 5.45. The average Bonchev–Trinajstić information content (AvgIpc) is 2.14. The molecule has 0 spiro atoms. The van der Waals surface area contributed by atoms with Gasteiger partial charge in [0.15, 0.2) is 0 Å². The Labute approximate surface area is 95.5 Å². The number of hydrogen-bond donors (Lipinski definition) is 1. The summed E-state index contributed by atoms with van der Waals surface area (Å²) in [6.45, 7) is 3.81. The molecule has 3 nitrogen and oxygen atoms in total. The third kappa shape index (κ3) is 2.93. The Kier molecular flexibility index (Phi) is 4.13. The Morgan fingerprint density at radius 1 is 1.27 bits per heavy atom. The monoisotopic (exact) mass is 247 g/mol. The topological polar surface area (TPSA) is 46.2 Å². The average molecular weight is 248 g/mol. The van der Waals surface area contributed by atoms with Gasteiger partial charge in [-0.3, -0.25) is 0 Å². The van der Waals surface area contributed by atoms with E-state index in [1.807, 2.05) is 6.07 Å². The van der Waals surface area contributed by atoms with Crippen molar-refractivity contribution in [2.75, 3.05) is 12.4 Å². The minimum absolute atomic E-state index is 0.248. The van der Waals surface area contributed by atoms with Gasteiger partial charge in [-0.2, -0.15) is 0 Å². The largest absolute Gasteiger partial charge is 0.241 e. The summed E-state index contributed by atoms with van der Waals surface area (Å²) in [5.74, 6) is 0.268. The van der Waals surface area contributed by atoms with E-state index in [-0.39, 0.29) is 12.4 Å². The van der Waals surface area contributed by atoms with Crippen molar-refractivity contribution in [3.05, 3.63) is 29.3 Å². The van der Waals surface area contributed by atoms with Gasteiger partial charge >= 0.3 is 0 Å². The molecular weight excluding hydrogens is 234 g/mol. The van der Waals surface area contributed by atoms with Gasteiger partial charge in [-0.15, -0.1) is 11.6 Å². The molecule has 1 aromatic rings. The Morgan fingerprint density at radius 3 is 2.27 bits per heavy atom. The molecule has 0 aliphatic rings. The zero-order chi connectivity index (χ0) is 11.5. The van der Waals surface area contributed by atoms with Gasteiger partial charge in [0.05, 0.1) is 4.90 Å². The first kappa shape index (κ1) is 12.5. The fraction of sp³-hybridized carbons (Fsp3) is 0.400. The van der Waals surface area contributed by atoms with E-state index in [0.717, 1.165) is 11.1 Å². The maximum absolute atomic E-state index is 11.9. The molecule has 0 heterocycles. The summed E-state index contributed by atoms with van der Waals surface area (Å²) in [6.07, 6.45) is 0. The van der Waals surface area contributed by atoms with Crippen LogP contribution in [0.5, 0.6) is 0 Å². The zero-order valence-electron chi connectivity index (χ0n) is 8.75. The van der Waals surface area contributed by atoms with E-state index >= 15 is 0 Å². The van der Waals surface area contributed by atoms with Gasteiger partial charge in [-0.05, 0) is 25.0 Å². The van der Waals surface area contributed by atoms with Crippen molar-refractivity contribution < 1.29 is 8.42 Å². The van der Waals surface area contributed by atoms with E-state index in [4.69, 9.17) is 11.6 Å². The number of nitrogens with one attached hydrogen (secondary N) is 1. The molecule has 0 amide bonds. The van der Waals surface area contributed by atoms with E-state index < -0.39 is 10.0 Å². The van der Waals surface area contributed by atoms with Crippen LogP contribution in [0.1, 0.15) is 11.1 Å². The van der Waals surface area contributed by atoms with Crippen LogP contribution in [-0.2, 0) is 10.0 Å². The quantitative estimate of drug-likeness (QED) is 0.825. The number of aryl methyl sites for hydroxylation is 2. The van der Waals surface area contributed by atoms with E-state index in [2.05, 4.69) is 4.72 Å². The number of hydrogen-bond acceptors (Lipinski definition) is 2. The van der Waals surface area contributed by atoms with Gasteiger partial charge in [0.2, 0.25) is 10.0 Å². The number of rotatable bonds is 4. The summed E-state index contributed by atoms with van der Waals surface area (Å²) in [5.41, 5.74) is 1.49.